The van der Waals surface area contributed by atoms with Crippen molar-refractivity contribution < 1.29 is 4.79 Å². The number of rotatable bonds is 7. The molecule has 4 nitrogen and oxygen atoms in total. The molecule has 1 aromatic heterocycles. The summed E-state index contributed by atoms with van der Waals surface area (Å²) < 4.78 is 0.955. The number of halogens is 1. The highest BCUT2D eigenvalue weighted by molar-refractivity contribution is 9.10. The van der Waals surface area contributed by atoms with Crippen molar-refractivity contribution in [1.29, 1.82) is 0 Å². The summed E-state index contributed by atoms with van der Waals surface area (Å²) in [5.41, 5.74) is 6.18. The summed E-state index contributed by atoms with van der Waals surface area (Å²) in [6.07, 6.45) is 3.92. The van der Waals surface area contributed by atoms with Crippen LogP contribution in [0.15, 0.2) is 22.8 Å². The van der Waals surface area contributed by atoms with Gasteiger partial charge in [0.25, 0.3) is 0 Å². The van der Waals surface area contributed by atoms with Crippen molar-refractivity contribution in [3.8, 4) is 0 Å². The first-order valence-corrected chi connectivity index (χ1v) is 6.52. The van der Waals surface area contributed by atoms with Gasteiger partial charge in [-0.3, -0.25) is 14.7 Å². The van der Waals surface area contributed by atoms with Crippen molar-refractivity contribution in [1.82, 2.24) is 9.88 Å². The lowest BCUT2D eigenvalue weighted by molar-refractivity contribution is -0.119. The monoisotopic (exact) mass is 299 g/mol. The van der Waals surface area contributed by atoms with Crippen LogP contribution in [0.2, 0.25) is 0 Å². The fraction of sp³-hybridized carbons (Fsp3) is 0.500. The lowest BCUT2D eigenvalue weighted by Crippen LogP contribution is -2.34. The van der Waals surface area contributed by atoms with Crippen LogP contribution in [-0.4, -0.2) is 28.9 Å². The van der Waals surface area contributed by atoms with E-state index in [1.54, 1.807) is 6.20 Å². The van der Waals surface area contributed by atoms with E-state index in [0.29, 0.717) is 6.54 Å². The van der Waals surface area contributed by atoms with Gasteiger partial charge in [-0.15, -0.1) is 0 Å². The Kier molecular flexibility index (Phi) is 6.15. The number of aromatic nitrogens is 1. The van der Waals surface area contributed by atoms with Gasteiger partial charge in [0.2, 0.25) is 5.91 Å². The molecule has 0 atom stereocenters. The van der Waals surface area contributed by atoms with Gasteiger partial charge < -0.3 is 5.73 Å². The van der Waals surface area contributed by atoms with Crippen molar-refractivity contribution in [3.63, 3.8) is 0 Å². The van der Waals surface area contributed by atoms with Crippen molar-refractivity contribution in [2.75, 3.05) is 13.1 Å². The molecule has 0 unspecified atom stereocenters. The minimum Gasteiger partial charge on any atom is -0.369 e. The molecule has 1 rings (SSSR count). The summed E-state index contributed by atoms with van der Waals surface area (Å²) in [4.78, 5) is 17.3. The highest BCUT2D eigenvalue weighted by Crippen LogP contribution is 2.09. The van der Waals surface area contributed by atoms with Gasteiger partial charge in [-0.05, 0) is 41.0 Å². The molecular weight excluding hydrogens is 282 g/mol. The maximum Gasteiger partial charge on any atom is 0.231 e. The number of hydrogen-bond donors (Lipinski definition) is 1. The molecule has 0 spiro atoms. The summed E-state index contributed by atoms with van der Waals surface area (Å²) >= 11 is 3.34. The van der Waals surface area contributed by atoms with Crippen LogP contribution in [-0.2, 0) is 11.3 Å². The fourth-order valence-electron chi connectivity index (χ4n) is 1.55. The van der Waals surface area contributed by atoms with Crippen LogP contribution in [0.1, 0.15) is 25.5 Å². The number of carbonyl (C=O) groups excluding carboxylic acids is 1. The van der Waals surface area contributed by atoms with Gasteiger partial charge in [-0.2, -0.15) is 0 Å². The molecule has 0 aliphatic carbocycles. The third-order valence-corrected chi connectivity index (χ3v) is 2.85. The predicted molar refractivity (Wildman–Crippen MR) is 71.3 cm³/mol. The molecule has 0 bridgehead atoms. The van der Waals surface area contributed by atoms with E-state index in [-0.39, 0.29) is 12.5 Å². The van der Waals surface area contributed by atoms with Crippen LogP contribution < -0.4 is 5.73 Å². The second-order valence-electron chi connectivity index (χ2n) is 4.00. The molecule has 0 aliphatic rings. The molecule has 0 radical (unpaired) electrons. The Morgan fingerprint density at radius 3 is 2.82 bits per heavy atom. The van der Waals surface area contributed by atoms with E-state index in [1.165, 1.54) is 0 Å². The highest BCUT2D eigenvalue weighted by atomic mass is 79.9. The summed E-state index contributed by atoms with van der Waals surface area (Å²) in [6.45, 7) is 3.95. The molecule has 17 heavy (non-hydrogen) atoms. The first kappa shape index (κ1) is 14.1. The highest BCUT2D eigenvalue weighted by Gasteiger charge is 2.09. The molecule has 0 aliphatic heterocycles. The number of nitrogens with zero attached hydrogens (tertiary/aromatic N) is 2. The smallest absolute Gasteiger partial charge is 0.231 e. The topological polar surface area (TPSA) is 59.2 Å². The Morgan fingerprint density at radius 2 is 2.29 bits per heavy atom. The molecule has 94 valence electrons. The van der Waals surface area contributed by atoms with Gasteiger partial charge in [0.05, 0.1) is 12.2 Å². The summed E-state index contributed by atoms with van der Waals surface area (Å²) in [5, 5.41) is 0. The Bertz CT molecular complexity index is 353. The van der Waals surface area contributed by atoms with Gasteiger partial charge in [-0.1, -0.05) is 13.3 Å². The van der Waals surface area contributed by atoms with Crippen LogP contribution >= 0.6 is 15.9 Å². The zero-order valence-corrected chi connectivity index (χ0v) is 11.6. The Morgan fingerprint density at radius 1 is 1.53 bits per heavy atom. The van der Waals surface area contributed by atoms with E-state index in [2.05, 4.69) is 27.8 Å². The second-order valence-corrected chi connectivity index (χ2v) is 4.91. The number of pyridine rings is 1. The standard InChI is InChI=1S/C12H18BrN3O/c1-2-3-6-16(9-12(14)17)8-11-5-4-10(13)7-15-11/h4-5,7H,2-3,6,8-9H2,1H3,(H2,14,17). The molecule has 0 saturated heterocycles. The largest absolute Gasteiger partial charge is 0.369 e. The molecule has 5 heteroatoms. The second kappa shape index (κ2) is 7.40. The number of amides is 1. The zero-order valence-electron chi connectivity index (χ0n) is 10.0. The maximum atomic E-state index is 11.0. The van der Waals surface area contributed by atoms with Crippen LogP contribution in [0.3, 0.4) is 0 Å². The van der Waals surface area contributed by atoms with Crippen molar-refractivity contribution in [3.05, 3.63) is 28.5 Å². The van der Waals surface area contributed by atoms with Gasteiger partial charge in [-0.25, -0.2) is 0 Å². The molecule has 1 aromatic rings. The van der Waals surface area contributed by atoms with Crippen LogP contribution in [0.25, 0.3) is 0 Å². The average molecular weight is 300 g/mol. The van der Waals surface area contributed by atoms with E-state index in [4.69, 9.17) is 5.73 Å². The van der Waals surface area contributed by atoms with E-state index < -0.39 is 0 Å². The van der Waals surface area contributed by atoms with Gasteiger partial charge in [0, 0.05) is 17.2 Å². The summed E-state index contributed by atoms with van der Waals surface area (Å²) in [6, 6.07) is 3.90. The third-order valence-electron chi connectivity index (χ3n) is 2.38. The van der Waals surface area contributed by atoms with E-state index in [1.807, 2.05) is 17.0 Å². The molecular formula is C12H18BrN3O. The SMILES string of the molecule is CCCCN(CC(N)=O)Cc1ccc(Br)cn1. The predicted octanol–water partition coefficient (Wildman–Crippen LogP) is 1.93. The van der Waals surface area contributed by atoms with Gasteiger partial charge >= 0.3 is 0 Å². The zero-order chi connectivity index (χ0) is 12.7. The minimum atomic E-state index is -0.293. The van der Waals surface area contributed by atoms with Crippen molar-refractivity contribution >= 4 is 21.8 Å². The lowest BCUT2D eigenvalue weighted by atomic mass is 10.2. The number of primary amides is 1. The Hall–Kier alpha value is -0.940. The number of nitrogens with two attached hydrogens (primary N) is 1. The van der Waals surface area contributed by atoms with E-state index in [0.717, 1.165) is 29.6 Å². The fourth-order valence-corrected chi connectivity index (χ4v) is 1.78. The molecule has 0 aromatic carbocycles. The van der Waals surface area contributed by atoms with Crippen LogP contribution in [0, 0.1) is 0 Å². The molecule has 0 saturated carbocycles. The molecule has 0 fully saturated rings. The molecule has 2 N–H and O–H groups in total. The maximum absolute atomic E-state index is 11.0. The number of carbonyl (C=O) groups is 1. The first-order valence-electron chi connectivity index (χ1n) is 5.73. The Balaban J connectivity index is 2.57. The van der Waals surface area contributed by atoms with Crippen LogP contribution in [0.4, 0.5) is 0 Å². The van der Waals surface area contributed by atoms with Crippen molar-refractivity contribution in [2.24, 2.45) is 5.73 Å². The van der Waals surface area contributed by atoms with Crippen LogP contribution in [0.5, 0.6) is 0 Å². The van der Waals surface area contributed by atoms with E-state index >= 15 is 0 Å². The molecule has 1 amide bonds. The molecule has 1 heterocycles. The normalized spacial score (nSPS) is 10.8. The van der Waals surface area contributed by atoms with E-state index in [9.17, 15) is 4.79 Å². The first-order chi connectivity index (χ1) is 8.11. The lowest BCUT2D eigenvalue weighted by Gasteiger charge is -2.19. The minimum absolute atomic E-state index is 0.289. The summed E-state index contributed by atoms with van der Waals surface area (Å²) in [5.74, 6) is -0.293. The Labute approximate surface area is 110 Å². The third kappa shape index (κ3) is 5.79. The average Bonchev–Trinajstić information content (AvgIpc) is 2.28. The quantitative estimate of drug-likeness (QED) is 0.837. The van der Waals surface area contributed by atoms with Gasteiger partial charge in [0.15, 0.2) is 0 Å². The number of hydrogen-bond acceptors (Lipinski definition) is 3. The summed E-state index contributed by atoms with van der Waals surface area (Å²) in [7, 11) is 0. The van der Waals surface area contributed by atoms with Gasteiger partial charge in [0.1, 0.15) is 0 Å². The van der Waals surface area contributed by atoms with Crippen molar-refractivity contribution in [2.45, 2.75) is 26.3 Å². The number of unbranched alkanes of at least 4 members (excludes halogenated alkanes) is 1.